The third-order valence-corrected chi connectivity index (χ3v) is 6.01. The molecule has 1 heterocycles. The zero-order chi connectivity index (χ0) is 22.7. The minimum Gasteiger partial charge on any atom is -0.480 e. The van der Waals surface area contributed by atoms with E-state index in [1.807, 2.05) is 0 Å². The lowest BCUT2D eigenvalue weighted by Crippen LogP contribution is -2.19. The Bertz CT molecular complexity index is 1140. The first kappa shape index (κ1) is 23.0. The van der Waals surface area contributed by atoms with Crippen LogP contribution in [0.5, 0.6) is 5.75 Å². The molecule has 0 atom stereocenters. The molecule has 0 saturated carbocycles. The number of amides is 1. The molecule has 0 aliphatic carbocycles. The smallest absolute Gasteiger partial charge is 0.341 e. The molecule has 1 saturated heterocycles. The van der Waals surface area contributed by atoms with E-state index in [0.717, 1.165) is 11.8 Å². The van der Waals surface area contributed by atoms with Crippen LogP contribution in [0.2, 0.25) is 0 Å². The maximum Gasteiger partial charge on any atom is 0.341 e. The number of hydrogen-bond acceptors (Lipinski definition) is 7. The van der Waals surface area contributed by atoms with Crippen LogP contribution in [0.15, 0.2) is 49.2 Å². The number of carbonyl (C=O) groups is 2. The van der Waals surface area contributed by atoms with Gasteiger partial charge in [0.05, 0.1) is 24.5 Å². The van der Waals surface area contributed by atoms with Crippen molar-refractivity contribution in [3.05, 3.63) is 65.4 Å². The van der Waals surface area contributed by atoms with Crippen LogP contribution < -0.4 is 10.1 Å². The van der Waals surface area contributed by atoms with E-state index in [1.165, 1.54) is 18.2 Å². The number of rotatable bonds is 6. The minimum absolute atomic E-state index is 0.0305. The number of nitro benzene ring substituents is 1. The second-order valence-electron chi connectivity index (χ2n) is 6.21. The maximum atomic E-state index is 12.3. The van der Waals surface area contributed by atoms with E-state index < -0.39 is 17.5 Å². The molecule has 2 aromatic rings. The highest BCUT2D eigenvalue weighted by Crippen LogP contribution is 2.37. The van der Waals surface area contributed by atoms with Gasteiger partial charge in [0, 0.05) is 12.1 Å². The summed E-state index contributed by atoms with van der Waals surface area (Å²) in [5.74, 6) is -1.09. The number of amidine groups is 1. The Morgan fingerprint density at radius 2 is 2.00 bits per heavy atom. The number of non-ortho nitro benzene ring substituents is 1. The van der Waals surface area contributed by atoms with Crippen LogP contribution in [0.1, 0.15) is 11.1 Å². The molecule has 0 aromatic heterocycles. The fraction of sp³-hybridized carbons (Fsp3) is 0.105. The third kappa shape index (κ3) is 5.71. The first-order valence-corrected chi connectivity index (χ1v) is 10.9. The Hall–Kier alpha value is -2.70. The first-order chi connectivity index (χ1) is 14.6. The Balaban J connectivity index is 1.82. The second-order valence-corrected chi connectivity index (χ2v) is 8.95. The SMILES string of the molecule is Cc1cc([N+](=O)[O-])ccc1N=C1NC(=O)/C(=C\c2cc(Br)c(OCC(=O)O)c(Br)c2)S1. The largest absolute Gasteiger partial charge is 0.480 e. The number of thioether (sulfide) groups is 1. The van der Waals surface area contributed by atoms with Crippen LogP contribution in [0, 0.1) is 17.0 Å². The molecule has 0 bridgehead atoms. The van der Waals surface area contributed by atoms with Gasteiger partial charge in [-0.05, 0) is 85.9 Å². The van der Waals surface area contributed by atoms with Gasteiger partial charge in [-0.15, -0.1) is 0 Å². The average molecular weight is 571 g/mol. The van der Waals surface area contributed by atoms with Crippen molar-refractivity contribution >= 4 is 78.1 Å². The summed E-state index contributed by atoms with van der Waals surface area (Å²) >= 11 is 7.81. The molecule has 0 spiro atoms. The van der Waals surface area contributed by atoms with Gasteiger partial charge in [-0.25, -0.2) is 9.79 Å². The molecular weight excluding hydrogens is 558 g/mol. The van der Waals surface area contributed by atoms with Crippen LogP contribution in [0.4, 0.5) is 11.4 Å². The van der Waals surface area contributed by atoms with Gasteiger partial charge in [0.1, 0.15) is 5.75 Å². The van der Waals surface area contributed by atoms with Gasteiger partial charge in [0.2, 0.25) is 0 Å². The van der Waals surface area contributed by atoms with E-state index in [2.05, 4.69) is 42.2 Å². The van der Waals surface area contributed by atoms with Crippen LogP contribution in [0.3, 0.4) is 0 Å². The van der Waals surface area contributed by atoms with E-state index in [4.69, 9.17) is 9.84 Å². The Morgan fingerprint density at radius 1 is 1.32 bits per heavy atom. The van der Waals surface area contributed by atoms with Crippen molar-refractivity contribution in [3.63, 3.8) is 0 Å². The zero-order valence-electron chi connectivity index (χ0n) is 15.7. The number of hydrogen-bond donors (Lipinski definition) is 2. The molecule has 1 amide bonds. The standard InChI is InChI=1S/C19H13Br2N3O6S/c1-9-4-11(24(28)29)2-3-14(9)22-19-23-18(27)15(31-19)7-10-5-12(20)17(13(21)6-10)30-8-16(25)26/h2-7H,8H2,1H3,(H,25,26)(H,22,23,27)/b15-7+. The summed E-state index contributed by atoms with van der Waals surface area (Å²) in [5, 5.41) is 22.7. The van der Waals surface area contributed by atoms with Gasteiger partial charge in [-0.3, -0.25) is 14.9 Å². The normalized spacial score (nSPS) is 15.9. The summed E-state index contributed by atoms with van der Waals surface area (Å²) in [6.07, 6.45) is 1.65. The Labute approximate surface area is 197 Å². The maximum absolute atomic E-state index is 12.3. The number of carboxylic acids is 1. The first-order valence-electron chi connectivity index (χ1n) is 8.52. The molecule has 160 valence electrons. The monoisotopic (exact) mass is 569 g/mol. The van der Waals surface area contributed by atoms with Gasteiger partial charge in [0.15, 0.2) is 11.8 Å². The highest BCUT2D eigenvalue weighted by atomic mass is 79.9. The van der Waals surface area contributed by atoms with Crippen LogP contribution in [-0.2, 0) is 9.59 Å². The summed E-state index contributed by atoms with van der Waals surface area (Å²) in [4.78, 5) is 38.2. The molecular formula is C19H13Br2N3O6S. The van der Waals surface area contributed by atoms with Gasteiger partial charge in [-0.1, -0.05) is 0 Å². The lowest BCUT2D eigenvalue weighted by atomic mass is 10.2. The second kappa shape index (κ2) is 9.62. The zero-order valence-corrected chi connectivity index (χ0v) is 19.7. The van der Waals surface area contributed by atoms with Crippen LogP contribution >= 0.6 is 43.6 Å². The van der Waals surface area contributed by atoms with Gasteiger partial charge in [-0.2, -0.15) is 0 Å². The molecule has 1 fully saturated rings. The summed E-state index contributed by atoms with van der Waals surface area (Å²) in [7, 11) is 0. The molecule has 3 rings (SSSR count). The summed E-state index contributed by atoms with van der Waals surface area (Å²) in [6.45, 7) is 1.21. The number of ether oxygens (including phenoxy) is 1. The number of nitrogens with one attached hydrogen (secondary N) is 1. The van der Waals surface area contributed by atoms with Crippen LogP contribution in [-0.4, -0.2) is 33.7 Å². The van der Waals surface area contributed by atoms with E-state index in [1.54, 1.807) is 25.1 Å². The molecule has 31 heavy (non-hydrogen) atoms. The predicted octanol–water partition coefficient (Wildman–Crippen LogP) is 4.78. The van der Waals surface area contributed by atoms with Gasteiger partial charge in [0.25, 0.3) is 11.6 Å². The molecule has 0 unspecified atom stereocenters. The van der Waals surface area contributed by atoms with Crippen molar-refractivity contribution in [1.82, 2.24) is 5.32 Å². The minimum atomic E-state index is -1.10. The molecule has 0 radical (unpaired) electrons. The lowest BCUT2D eigenvalue weighted by Gasteiger charge is -2.09. The molecule has 12 heteroatoms. The molecule has 2 N–H and O–H groups in total. The summed E-state index contributed by atoms with van der Waals surface area (Å²) < 4.78 is 6.28. The molecule has 1 aliphatic heterocycles. The number of carbonyl (C=O) groups excluding carboxylic acids is 1. The summed E-state index contributed by atoms with van der Waals surface area (Å²) in [5.41, 5.74) is 1.77. The van der Waals surface area contributed by atoms with Crippen molar-refractivity contribution in [2.75, 3.05) is 6.61 Å². The topological polar surface area (TPSA) is 131 Å². The van der Waals surface area contributed by atoms with Crippen molar-refractivity contribution in [2.45, 2.75) is 6.92 Å². The Kier molecular flexibility index (Phi) is 7.13. The van der Waals surface area contributed by atoms with Crippen molar-refractivity contribution in [3.8, 4) is 5.75 Å². The molecule has 1 aliphatic rings. The predicted molar refractivity (Wildman–Crippen MR) is 124 cm³/mol. The van der Waals surface area contributed by atoms with Crippen molar-refractivity contribution in [2.24, 2.45) is 4.99 Å². The lowest BCUT2D eigenvalue weighted by molar-refractivity contribution is -0.384. The number of aliphatic imine (C=N–C) groups is 1. The number of nitrogens with zero attached hydrogens (tertiary/aromatic N) is 2. The number of aryl methyl sites for hydroxylation is 1. The van der Waals surface area contributed by atoms with E-state index in [9.17, 15) is 19.7 Å². The van der Waals surface area contributed by atoms with Crippen molar-refractivity contribution in [1.29, 1.82) is 0 Å². The van der Waals surface area contributed by atoms with Gasteiger partial charge < -0.3 is 15.2 Å². The highest BCUT2D eigenvalue weighted by molar-refractivity contribution is 9.11. The fourth-order valence-corrected chi connectivity index (χ4v) is 4.84. The fourth-order valence-electron chi connectivity index (χ4n) is 2.55. The van der Waals surface area contributed by atoms with Gasteiger partial charge >= 0.3 is 5.97 Å². The van der Waals surface area contributed by atoms with E-state index in [0.29, 0.717) is 41.6 Å². The Morgan fingerprint density at radius 3 is 2.58 bits per heavy atom. The highest BCUT2D eigenvalue weighted by Gasteiger charge is 2.24. The summed E-state index contributed by atoms with van der Waals surface area (Å²) in [6, 6.07) is 7.68. The number of benzene rings is 2. The number of nitro groups is 1. The number of carboxylic acid groups (broad SMARTS) is 1. The van der Waals surface area contributed by atoms with E-state index >= 15 is 0 Å². The molecule has 9 nitrogen and oxygen atoms in total. The quantitative estimate of drug-likeness (QED) is 0.290. The third-order valence-electron chi connectivity index (χ3n) is 3.92. The van der Waals surface area contributed by atoms with E-state index in [-0.39, 0.29) is 11.6 Å². The van der Waals surface area contributed by atoms with Crippen LogP contribution in [0.25, 0.3) is 6.08 Å². The van der Waals surface area contributed by atoms with Crippen molar-refractivity contribution < 1.29 is 24.4 Å². The number of halogens is 2. The average Bonchev–Trinajstić information content (AvgIpc) is 3.01. The molecule has 2 aromatic carbocycles. The number of aliphatic carboxylic acids is 1.